The SMILES string of the molecule is CCNC(c1ccc(OCC)cc1)c1cnnn1C. The Balaban J connectivity index is 2.26. The first kappa shape index (κ1) is 13.5. The van der Waals surface area contributed by atoms with E-state index in [1.54, 1.807) is 10.9 Å². The quantitative estimate of drug-likeness (QED) is 0.862. The van der Waals surface area contributed by atoms with Gasteiger partial charge in [-0.05, 0) is 31.2 Å². The summed E-state index contributed by atoms with van der Waals surface area (Å²) >= 11 is 0. The van der Waals surface area contributed by atoms with Crippen LogP contribution >= 0.6 is 0 Å². The zero-order valence-electron chi connectivity index (χ0n) is 11.6. The third-order valence-electron chi connectivity index (χ3n) is 2.98. The molecule has 0 amide bonds. The van der Waals surface area contributed by atoms with Gasteiger partial charge in [0.05, 0.1) is 24.5 Å². The lowest BCUT2D eigenvalue weighted by molar-refractivity contribution is 0.340. The first-order chi connectivity index (χ1) is 9.26. The summed E-state index contributed by atoms with van der Waals surface area (Å²) in [6, 6.07) is 8.23. The topological polar surface area (TPSA) is 52.0 Å². The average molecular weight is 260 g/mol. The van der Waals surface area contributed by atoms with E-state index < -0.39 is 0 Å². The first-order valence-electron chi connectivity index (χ1n) is 6.57. The Hall–Kier alpha value is -1.88. The van der Waals surface area contributed by atoms with Gasteiger partial charge in [-0.25, -0.2) is 0 Å². The molecule has 1 unspecified atom stereocenters. The second-order valence-electron chi connectivity index (χ2n) is 4.28. The van der Waals surface area contributed by atoms with Crippen LogP contribution in [-0.2, 0) is 7.05 Å². The van der Waals surface area contributed by atoms with Crippen LogP contribution in [0.4, 0.5) is 0 Å². The number of aromatic nitrogens is 3. The number of hydrogen-bond acceptors (Lipinski definition) is 4. The molecule has 0 aliphatic heterocycles. The van der Waals surface area contributed by atoms with Crippen LogP contribution in [0.15, 0.2) is 30.5 Å². The van der Waals surface area contributed by atoms with Crippen LogP contribution in [0.3, 0.4) is 0 Å². The number of aryl methyl sites for hydroxylation is 1. The molecule has 102 valence electrons. The van der Waals surface area contributed by atoms with Gasteiger partial charge >= 0.3 is 0 Å². The highest BCUT2D eigenvalue weighted by Gasteiger charge is 2.16. The normalized spacial score (nSPS) is 12.4. The standard InChI is InChI=1S/C14H20N4O/c1-4-15-14(13-10-16-17-18(13)3)11-6-8-12(9-7-11)19-5-2/h6-10,14-15H,4-5H2,1-3H3. The molecule has 0 saturated carbocycles. The van der Waals surface area contributed by atoms with Crippen molar-refractivity contribution in [2.24, 2.45) is 7.05 Å². The third-order valence-corrected chi connectivity index (χ3v) is 2.98. The number of benzene rings is 1. The van der Waals surface area contributed by atoms with E-state index in [1.807, 2.05) is 26.1 Å². The summed E-state index contributed by atoms with van der Waals surface area (Å²) in [7, 11) is 1.90. The van der Waals surface area contributed by atoms with Crippen LogP contribution in [0.1, 0.15) is 31.1 Å². The highest BCUT2D eigenvalue weighted by Crippen LogP contribution is 2.23. The Morgan fingerprint density at radius 1 is 1.26 bits per heavy atom. The van der Waals surface area contributed by atoms with E-state index in [4.69, 9.17) is 4.74 Å². The Labute approximate surface area is 113 Å². The molecule has 0 fully saturated rings. The molecule has 1 atom stereocenters. The summed E-state index contributed by atoms with van der Waals surface area (Å²) in [5.74, 6) is 0.893. The maximum atomic E-state index is 5.46. The van der Waals surface area contributed by atoms with Gasteiger partial charge in [-0.15, -0.1) is 5.10 Å². The summed E-state index contributed by atoms with van der Waals surface area (Å²) in [6.45, 7) is 5.63. The van der Waals surface area contributed by atoms with Crippen molar-refractivity contribution in [3.05, 3.63) is 41.7 Å². The minimum absolute atomic E-state index is 0.0978. The van der Waals surface area contributed by atoms with E-state index in [-0.39, 0.29) is 6.04 Å². The van der Waals surface area contributed by atoms with E-state index in [1.165, 1.54) is 5.56 Å². The molecule has 5 heteroatoms. The molecule has 0 aliphatic carbocycles. The molecule has 0 saturated heterocycles. The second-order valence-corrected chi connectivity index (χ2v) is 4.28. The average Bonchev–Trinajstić information content (AvgIpc) is 2.84. The monoisotopic (exact) mass is 260 g/mol. The summed E-state index contributed by atoms with van der Waals surface area (Å²) in [6.07, 6.45) is 1.80. The van der Waals surface area contributed by atoms with Gasteiger partial charge in [0.15, 0.2) is 0 Å². The second kappa shape index (κ2) is 6.33. The summed E-state index contributed by atoms with van der Waals surface area (Å²) < 4.78 is 7.26. The van der Waals surface area contributed by atoms with Crippen molar-refractivity contribution >= 4 is 0 Å². The zero-order chi connectivity index (χ0) is 13.7. The molecule has 0 bridgehead atoms. The predicted octanol–water partition coefficient (Wildman–Crippen LogP) is 1.91. The van der Waals surface area contributed by atoms with Gasteiger partial charge in [-0.3, -0.25) is 4.68 Å². The van der Waals surface area contributed by atoms with Crippen molar-refractivity contribution in [3.8, 4) is 5.75 Å². The molecular weight excluding hydrogens is 240 g/mol. The Kier molecular flexibility index (Phi) is 4.52. The first-order valence-corrected chi connectivity index (χ1v) is 6.57. The van der Waals surface area contributed by atoms with Crippen molar-refractivity contribution in [2.75, 3.05) is 13.2 Å². The van der Waals surface area contributed by atoms with E-state index in [9.17, 15) is 0 Å². The Bertz CT molecular complexity index is 506. The van der Waals surface area contributed by atoms with E-state index in [0.29, 0.717) is 6.61 Å². The maximum Gasteiger partial charge on any atom is 0.119 e. The van der Waals surface area contributed by atoms with Gasteiger partial charge in [-0.1, -0.05) is 24.3 Å². The molecule has 0 aliphatic rings. The fourth-order valence-electron chi connectivity index (χ4n) is 2.08. The van der Waals surface area contributed by atoms with Crippen LogP contribution in [0.5, 0.6) is 5.75 Å². The van der Waals surface area contributed by atoms with Crippen LogP contribution in [0.25, 0.3) is 0 Å². The lowest BCUT2D eigenvalue weighted by atomic mass is 10.0. The van der Waals surface area contributed by atoms with Gasteiger partial charge in [0.2, 0.25) is 0 Å². The highest BCUT2D eigenvalue weighted by molar-refractivity contribution is 5.32. The molecule has 1 heterocycles. The lowest BCUT2D eigenvalue weighted by Crippen LogP contribution is -2.24. The third kappa shape index (κ3) is 3.12. The summed E-state index contributed by atoms with van der Waals surface area (Å²) in [5, 5.41) is 11.4. The van der Waals surface area contributed by atoms with Crippen molar-refractivity contribution in [1.82, 2.24) is 20.3 Å². The Morgan fingerprint density at radius 2 is 2.00 bits per heavy atom. The number of rotatable bonds is 6. The number of hydrogen-bond donors (Lipinski definition) is 1. The largest absolute Gasteiger partial charge is 0.494 e. The Morgan fingerprint density at radius 3 is 2.53 bits per heavy atom. The molecule has 0 radical (unpaired) electrons. The van der Waals surface area contributed by atoms with E-state index >= 15 is 0 Å². The lowest BCUT2D eigenvalue weighted by Gasteiger charge is -2.18. The minimum Gasteiger partial charge on any atom is -0.494 e. The van der Waals surface area contributed by atoms with Crippen molar-refractivity contribution in [1.29, 1.82) is 0 Å². The maximum absolute atomic E-state index is 5.46. The van der Waals surface area contributed by atoms with Crippen LogP contribution in [0.2, 0.25) is 0 Å². The number of nitrogens with zero attached hydrogens (tertiary/aromatic N) is 3. The highest BCUT2D eigenvalue weighted by atomic mass is 16.5. The van der Waals surface area contributed by atoms with Gasteiger partial charge in [0, 0.05) is 7.05 Å². The van der Waals surface area contributed by atoms with Gasteiger partial charge < -0.3 is 10.1 Å². The predicted molar refractivity (Wildman–Crippen MR) is 74.1 cm³/mol. The summed E-state index contributed by atoms with van der Waals surface area (Å²) in [5.41, 5.74) is 2.22. The van der Waals surface area contributed by atoms with Gasteiger partial charge in [0.25, 0.3) is 0 Å². The minimum atomic E-state index is 0.0978. The fraction of sp³-hybridized carbons (Fsp3) is 0.429. The van der Waals surface area contributed by atoms with E-state index in [2.05, 4.69) is 34.7 Å². The van der Waals surface area contributed by atoms with Crippen LogP contribution in [-0.4, -0.2) is 28.1 Å². The molecule has 1 N–H and O–H groups in total. The smallest absolute Gasteiger partial charge is 0.119 e. The van der Waals surface area contributed by atoms with Gasteiger partial charge in [-0.2, -0.15) is 0 Å². The van der Waals surface area contributed by atoms with Gasteiger partial charge in [0.1, 0.15) is 5.75 Å². The molecular formula is C14H20N4O. The zero-order valence-corrected chi connectivity index (χ0v) is 11.6. The fourth-order valence-corrected chi connectivity index (χ4v) is 2.08. The van der Waals surface area contributed by atoms with Crippen molar-refractivity contribution in [2.45, 2.75) is 19.9 Å². The van der Waals surface area contributed by atoms with Crippen molar-refractivity contribution < 1.29 is 4.74 Å². The van der Waals surface area contributed by atoms with Crippen LogP contribution < -0.4 is 10.1 Å². The molecule has 2 aromatic rings. The molecule has 1 aromatic heterocycles. The summed E-state index contributed by atoms with van der Waals surface area (Å²) in [4.78, 5) is 0. The molecule has 5 nitrogen and oxygen atoms in total. The molecule has 19 heavy (non-hydrogen) atoms. The molecule has 2 rings (SSSR count). The van der Waals surface area contributed by atoms with E-state index in [0.717, 1.165) is 18.0 Å². The van der Waals surface area contributed by atoms with Crippen LogP contribution in [0, 0.1) is 0 Å². The molecule has 0 spiro atoms. The number of nitrogens with one attached hydrogen (secondary N) is 1. The number of ether oxygens (including phenoxy) is 1. The molecule has 1 aromatic carbocycles. The van der Waals surface area contributed by atoms with Crippen molar-refractivity contribution in [3.63, 3.8) is 0 Å².